The summed E-state index contributed by atoms with van der Waals surface area (Å²) in [6.45, 7) is 2.48. The molecule has 0 unspecified atom stereocenters. The van der Waals surface area contributed by atoms with Gasteiger partial charge in [-0.05, 0) is 24.3 Å². The summed E-state index contributed by atoms with van der Waals surface area (Å²) >= 11 is 0. The Labute approximate surface area is 151 Å². The van der Waals surface area contributed by atoms with Gasteiger partial charge >= 0.3 is 6.18 Å². The van der Waals surface area contributed by atoms with Gasteiger partial charge in [-0.3, -0.25) is 0 Å². The monoisotopic (exact) mass is 374 g/mol. The summed E-state index contributed by atoms with van der Waals surface area (Å²) in [4.78, 5) is 8.07. The molecule has 0 radical (unpaired) electrons. The Bertz CT molecular complexity index is 997. The Morgan fingerprint density at radius 3 is 2.33 bits per heavy atom. The predicted molar refractivity (Wildman–Crippen MR) is 89.2 cm³/mol. The molecule has 0 aliphatic carbocycles. The number of halogens is 3. The molecule has 27 heavy (non-hydrogen) atoms. The largest absolute Gasteiger partial charge is 0.453 e. The summed E-state index contributed by atoms with van der Waals surface area (Å²) in [7, 11) is 0. The van der Waals surface area contributed by atoms with Crippen LogP contribution in [0.1, 0.15) is 11.5 Å². The van der Waals surface area contributed by atoms with Crippen LogP contribution in [-0.2, 0) is 6.18 Å². The van der Waals surface area contributed by atoms with Crippen LogP contribution in [0.3, 0.4) is 0 Å². The predicted octanol–water partition coefficient (Wildman–Crippen LogP) is 1.74. The highest BCUT2D eigenvalue weighted by atomic mass is 19.4. The van der Waals surface area contributed by atoms with E-state index in [1.54, 1.807) is 18.3 Å². The number of rotatable bonds is 2. The third kappa shape index (κ3) is 3.21. The van der Waals surface area contributed by atoms with Crippen molar-refractivity contribution in [2.24, 2.45) is 0 Å². The molecule has 0 saturated carbocycles. The van der Waals surface area contributed by atoms with Crippen LogP contribution in [0.15, 0.2) is 30.5 Å². The fourth-order valence-electron chi connectivity index (χ4n) is 2.96. The van der Waals surface area contributed by atoms with Crippen molar-refractivity contribution in [1.82, 2.24) is 24.8 Å². The second-order valence-electron chi connectivity index (χ2n) is 5.97. The highest BCUT2D eigenvalue weighted by molar-refractivity contribution is 5.50. The van der Waals surface area contributed by atoms with Gasteiger partial charge < -0.3 is 9.80 Å². The fourth-order valence-corrected chi connectivity index (χ4v) is 2.96. The van der Waals surface area contributed by atoms with E-state index in [1.807, 2.05) is 17.0 Å². The van der Waals surface area contributed by atoms with Crippen molar-refractivity contribution in [3.05, 3.63) is 42.0 Å². The van der Waals surface area contributed by atoms with Crippen LogP contribution in [0.25, 0.3) is 5.65 Å². The lowest BCUT2D eigenvalue weighted by atomic mass is 10.2. The number of nitriles is 1. The highest BCUT2D eigenvalue weighted by Crippen LogP contribution is 2.28. The Morgan fingerprint density at radius 1 is 0.963 bits per heavy atom. The molecule has 0 bridgehead atoms. The summed E-state index contributed by atoms with van der Waals surface area (Å²) in [5.41, 5.74) is 1.30. The molecule has 0 amide bonds. The lowest BCUT2D eigenvalue weighted by molar-refractivity contribution is -0.146. The molecule has 0 aromatic carbocycles. The Balaban J connectivity index is 1.51. The van der Waals surface area contributed by atoms with E-state index in [1.165, 1.54) is 6.07 Å². The molecule has 0 atom stereocenters. The second-order valence-corrected chi connectivity index (χ2v) is 5.97. The topological polar surface area (TPSA) is 86.2 Å². The first-order valence-corrected chi connectivity index (χ1v) is 8.11. The van der Waals surface area contributed by atoms with Gasteiger partial charge in [-0.1, -0.05) is 0 Å². The Morgan fingerprint density at radius 2 is 1.70 bits per heavy atom. The molecule has 1 aliphatic heterocycles. The van der Waals surface area contributed by atoms with Gasteiger partial charge in [0, 0.05) is 26.2 Å². The number of pyridine rings is 1. The van der Waals surface area contributed by atoms with E-state index in [0.29, 0.717) is 37.7 Å². The van der Waals surface area contributed by atoms with Crippen molar-refractivity contribution >= 4 is 17.2 Å². The van der Waals surface area contributed by atoms with Crippen molar-refractivity contribution in [3.63, 3.8) is 0 Å². The number of hydrogen-bond donors (Lipinski definition) is 0. The molecule has 4 heterocycles. The van der Waals surface area contributed by atoms with Gasteiger partial charge in [0.2, 0.25) is 0 Å². The lowest BCUT2D eigenvalue weighted by Crippen LogP contribution is -2.47. The first-order chi connectivity index (χ1) is 13.0. The molecular weight excluding hydrogens is 361 g/mol. The van der Waals surface area contributed by atoms with Gasteiger partial charge in [-0.15, -0.1) is 15.3 Å². The third-order valence-corrected chi connectivity index (χ3v) is 4.33. The molecule has 1 saturated heterocycles. The van der Waals surface area contributed by atoms with Crippen molar-refractivity contribution in [3.8, 4) is 6.07 Å². The number of nitrogens with zero attached hydrogens (tertiary/aromatic N) is 8. The van der Waals surface area contributed by atoms with Crippen molar-refractivity contribution in [2.75, 3.05) is 36.0 Å². The van der Waals surface area contributed by atoms with Gasteiger partial charge in [-0.25, -0.2) is 4.98 Å². The SMILES string of the molecule is N#Cc1ccc(N2CCN(c3ccc4nnc(C(F)(F)F)n4n3)CC2)cn1. The highest BCUT2D eigenvalue weighted by Gasteiger charge is 2.37. The summed E-state index contributed by atoms with van der Waals surface area (Å²) in [6, 6.07) is 8.58. The minimum Gasteiger partial charge on any atom is -0.367 e. The van der Waals surface area contributed by atoms with E-state index in [9.17, 15) is 13.2 Å². The van der Waals surface area contributed by atoms with Crippen molar-refractivity contribution < 1.29 is 13.2 Å². The van der Waals surface area contributed by atoms with E-state index < -0.39 is 12.0 Å². The average Bonchev–Trinajstić information content (AvgIpc) is 3.12. The number of alkyl halides is 3. The second kappa shape index (κ2) is 6.39. The molecule has 3 aromatic rings. The first-order valence-electron chi connectivity index (χ1n) is 8.11. The standard InChI is InChI=1S/C16H13F3N8/c17-16(18,19)15-23-22-13-3-4-14(24-27(13)15)26-7-5-25(6-8-26)12-2-1-11(9-20)21-10-12/h1-4,10H,5-8H2. The number of hydrogen-bond acceptors (Lipinski definition) is 7. The number of piperazine rings is 1. The number of fused-ring (bicyclic) bond motifs is 1. The quantitative estimate of drug-likeness (QED) is 0.675. The van der Waals surface area contributed by atoms with Crippen LogP contribution in [-0.4, -0.2) is 51.0 Å². The Hall–Kier alpha value is -3.42. The van der Waals surface area contributed by atoms with Gasteiger partial charge in [0.25, 0.3) is 5.82 Å². The van der Waals surface area contributed by atoms with Gasteiger partial charge in [0.15, 0.2) is 5.65 Å². The molecular formula is C16H13F3N8. The van der Waals surface area contributed by atoms with Crippen LogP contribution in [0.4, 0.5) is 24.7 Å². The molecule has 4 rings (SSSR count). The summed E-state index contributed by atoms with van der Waals surface area (Å²) < 4.78 is 39.8. The van der Waals surface area contributed by atoms with E-state index in [0.717, 1.165) is 10.2 Å². The van der Waals surface area contributed by atoms with Crippen LogP contribution < -0.4 is 9.80 Å². The molecule has 0 N–H and O–H groups in total. The molecule has 8 nitrogen and oxygen atoms in total. The van der Waals surface area contributed by atoms with Crippen LogP contribution in [0.5, 0.6) is 0 Å². The zero-order valence-electron chi connectivity index (χ0n) is 13.9. The molecule has 3 aromatic heterocycles. The zero-order chi connectivity index (χ0) is 19.0. The number of aromatic nitrogens is 5. The van der Waals surface area contributed by atoms with E-state index >= 15 is 0 Å². The van der Waals surface area contributed by atoms with Crippen LogP contribution in [0.2, 0.25) is 0 Å². The average molecular weight is 374 g/mol. The molecule has 0 spiro atoms. The Kier molecular flexibility index (Phi) is 4.02. The summed E-state index contributed by atoms with van der Waals surface area (Å²) in [5, 5.41) is 19.6. The maximum atomic E-state index is 13.0. The smallest absolute Gasteiger partial charge is 0.367 e. The third-order valence-electron chi connectivity index (χ3n) is 4.33. The molecule has 1 aliphatic rings. The summed E-state index contributed by atoms with van der Waals surface area (Å²) in [6.07, 6.45) is -2.97. The zero-order valence-corrected chi connectivity index (χ0v) is 13.9. The van der Waals surface area contributed by atoms with Gasteiger partial charge in [0.05, 0.1) is 11.9 Å². The maximum absolute atomic E-state index is 13.0. The van der Waals surface area contributed by atoms with E-state index in [4.69, 9.17) is 5.26 Å². The van der Waals surface area contributed by atoms with Crippen LogP contribution in [0, 0.1) is 11.3 Å². The van der Waals surface area contributed by atoms with E-state index in [2.05, 4.69) is 25.2 Å². The van der Waals surface area contributed by atoms with E-state index in [-0.39, 0.29) is 5.65 Å². The first kappa shape index (κ1) is 17.0. The molecule has 138 valence electrons. The number of anilines is 2. The molecule has 11 heteroatoms. The fraction of sp³-hybridized carbons (Fsp3) is 0.312. The maximum Gasteiger partial charge on any atom is 0.453 e. The van der Waals surface area contributed by atoms with Gasteiger partial charge in [-0.2, -0.15) is 22.9 Å². The molecule has 1 fully saturated rings. The normalized spacial score (nSPS) is 15.2. The van der Waals surface area contributed by atoms with Crippen LogP contribution >= 0.6 is 0 Å². The lowest BCUT2D eigenvalue weighted by Gasteiger charge is -2.36. The van der Waals surface area contributed by atoms with Crippen molar-refractivity contribution in [1.29, 1.82) is 5.26 Å². The van der Waals surface area contributed by atoms with Crippen molar-refractivity contribution in [2.45, 2.75) is 6.18 Å². The minimum absolute atomic E-state index is 0.0494. The summed E-state index contributed by atoms with van der Waals surface area (Å²) in [5.74, 6) is -0.702. The minimum atomic E-state index is -4.62. The van der Waals surface area contributed by atoms with Gasteiger partial charge in [0.1, 0.15) is 17.6 Å².